The predicted octanol–water partition coefficient (Wildman–Crippen LogP) is 4.15. The molecule has 0 aliphatic carbocycles. The van der Waals surface area contributed by atoms with E-state index in [0.29, 0.717) is 16.5 Å². The first-order chi connectivity index (χ1) is 6.80. The predicted molar refractivity (Wildman–Crippen MR) is 64.6 cm³/mol. The first-order valence-electron chi connectivity index (χ1n) is 4.78. The van der Waals surface area contributed by atoms with Crippen LogP contribution in [0, 0.1) is 5.41 Å². The lowest BCUT2D eigenvalue weighted by Gasteiger charge is -2.16. The van der Waals surface area contributed by atoms with Gasteiger partial charge in [-0.15, -0.1) is 0 Å². The molecule has 0 aliphatic heterocycles. The van der Waals surface area contributed by atoms with Gasteiger partial charge < -0.3 is 0 Å². The van der Waals surface area contributed by atoms with Crippen molar-refractivity contribution in [1.29, 1.82) is 0 Å². The number of carbonyl (C=O) groups is 1. The van der Waals surface area contributed by atoms with Gasteiger partial charge in [-0.3, -0.25) is 4.79 Å². The lowest BCUT2D eigenvalue weighted by molar-refractivity contribution is -0.125. The summed E-state index contributed by atoms with van der Waals surface area (Å²) in [6, 6.07) is 5.29. The number of ketones is 1. The Kier molecular flexibility index (Phi) is 3.80. The van der Waals surface area contributed by atoms with Crippen molar-refractivity contribution >= 4 is 29.0 Å². The van der Waals surface area contributed by atoms with Crippen LogP contribution in [0.2, 0.25) is 10.0 Å². The van der Waals surface area contributed by atoms with Crippen LogP contribution in [-0.2, 0) is 11.2 Å². The topological polar surface area (TPSA) is 17.1 Å². The molecule has 1 aromatic carbocycles. The number of hydrogen-bond donors (Lipinski definition) is 0. The Labute approximate surface area is 100 Å². The van der Waals surface area contributed by atoms with Crippen LogP contribution >= 0.6 is 23.2 Å². The van der Waals surface area contributed by atoms with Gasteiger partial charge in [-0.25, -0.2) is 0 Å². The summed E-state index contributed by atoms with van der Waals surface area (Å²) in [7, 11) is 0. The molecule has 0 spiro atoms. The van der Waals surface area contributed by atoms with Crippen molar-refractivity contribution in [2.75, 3.05) is 0 Å². The summed E-state index contributed by atoms with van der Waals surface area (Å²) in [6.07, 6.45) is 0.403. The summed E-state index contributed by atoms with van der Waals surface area (Å²) in [6.45, 7) is 5.73. The van der Waals surface area contributed by atoms with Crippen molar-refractivity contribution in [3.63, 3.8) is 0 Å². The molecule has 0 N–H and O–H groups in total. The van der Waals surface area contributed by atoms with Gasteiger partial charge in [0.2, 0.25) is 0 Å². The molecule has 15 heavy (non-hydrogen) atoms. The molecule has 1 rings (SSSR count). The summed E-state index contributed by atoms with van der Waals surface area (Å²) >= 11 is 11.7. The quantitative estimate of drug-likeness (QED) is 0.764. The molecule has 0 saturated heterocycles. The molecule has 82 valence electrons. The van der Waals surface area contributed by atoms with Crippen molar-refractivity contribution in [3.05, 3.63) is 33.8 Å². The standard InChI is InChI=1S/C12H14Cl2O/c1-12(2,3)11(15)7-8-4-5-9(13)10(14)6-8/h4-6H,7H2,1-3H3. The van der Waals surface area contributed by atoms with Gasteiger partial charge in [0.05, 0.1) is 10.0 Å². The molecular weight excluding hydrogens is 231 g/mol. The van der Waals surface area contributed by atoms with E-state index in [4.69, 9.17) is 23.2 Å². The fourth-order valence-corrected chi connectivity index (χ4v) is 1.42. The third kappa shape index (κ3) is 3.51. The maximum Gasteiger partial charge on any atom is 0.142 e. The lowest BCUT2D eigenvalue weighted by atomic mass is 9.87. The minimum absolute atomic E-state index is 0.195. The molecular formula is C12H14Cl2O. The fourth-order valence-electron chi connectivity index (χ4n) is 1.10. The highest BCUT2D eigenvalue weighted by Gasteiger charge is 2.21. The molecule has 0 aromatic heterocycles. The summed E-state index contributed by atoms with van der Waals surface area (Å²) in [5.41, 5.74) is 0.593. The van der Waals surface area contributed by atoms with Gasteiger partial charge in [-0.1, -0.05) is 50.0 Å². The van der Waals surface area contributed by atoms with E-state index < -0.39 is 0 Å². The van der Waals surface area contributed by atoms with E-state index in [1.54, 1.807) is 12.1 Å². The van der Waals surface area contributed by atoms with Crippen LogP contribution in [0.1, 0.15) is 26.3 Å². The highest BCUT2D eigenvalue weighted by Crippen LogP contribution is 2.24. The van der Waals surface area contributed by atoms with E-state index in [9.17, 15) is 4.79 Å². The number of Topliss-reactive ketones (excluding diaryl/α,β-unsaturated/α-hetero) is 1. The van der Waals surface area contributed by atoms with Crippen LogP contribution in [0.3, 0.4) is 0 Å². The van der Waals surface area contributed by atoms with E-state index in [0.717, 1.165) is 5.56 Å². The highest BCUT2D eigenvalue weighted by atomic mass is 35.5. The third-order valence-corrected chi connectivity index (χ3v) is 2.92. The largest absolute Gasteiger partial charge is 0.299 e. The van der Waals surface area contributed by atoms with Crippen LogP contribution in [0.5, 0.6) is 0 Å². The Hall–Kier alpha value is -0.530. The molecule has 0 heterocycles. The van der Waals surface area contributed by atoms with Gasteiger partial charge in [0.1, 0.15) is 5.78 Å². The van der Waals surface area contributed by atoms with Crippen molar-refractivity contribution in [1.82, 2.24) is 0 Å². The third-order valence-electron chi connectivity index (χ3n) is 2.19. The van der Waals surface area contributed by atoms with Crippen LogP contribution in [0.15, 0.2) is 18.2 Å². The van der Waals surface area contributed by atoms with Crippen LogP contribution in [-0.4, -0.2) is 5.78 Å². The first-order valence-corrected chi connectivity index (χ1v) is 5.53. The Morgan fingerprint density at radius 2 is 1.80 bits per heavy atom. The normalized spacial score (nSPS) is 11.5. The molecule has 0 amide bonds. The van der Waals surface area contributed by atoms with Gasteiger partial charge in [-0.2, -0.15) is 0 Å². The molecule has 1 aromatic rings. The van der Waals surface area contributed by atoms with Crippen LogP contribution < -0.4 is 0 Å². The van der Waals surface area contributed by atoms with E-state index in [1.807, 2.05) is 26.8 Å². The van der Waals surface area contributed by atoms with Gasteiger partial charge in [0, 0.05) is 11.8 Å². The summed E-state index contributed by atoms with van der Waals surface area (Å²) in [5.74, 6) is 0.195. The van der Waals surface area contributed by atoms with E-state index >= 15 is 0 Å². The van der Waals surface area contributed by atoms with Gasteiger partial charge in [0.25, 0.3) is 0 Å². The summed E-state index contributed by atoms with van der Waals surface area (Å²) in [5, 5.41) is 1.01. The van der Waals surface area contributed by atoms with Crippen molar-refractivity contribution in [2.45, 2.75) is 27.2 Å². The Morgan fingerprint density at radius 3 is 2.27 bits per heavy atom. The van der Waals surface area contributed by atoms with Crippen molar-refractivity contribution in [3.8, 4) is 0 Å². The molecule has 0 bridgehead atoms. The Balaban J connectivity index is 2.83. The number of hydrogen-bond acceptors (Lipinski definition) is 1. The Bertz CT molecular complexity index is 378. The maximum absolute atomic E-state index is 11.8. The number of benzene rings is 1. The second-order valence-corrected chi connectivity index (χ2v) is 5.41. The zero-order valence-corrected chi connectivity index (χ0v) is 10.6. The maximum atomic E-state index is 11.8. The lowest BCUT2D eigenvalue weighted by Crippen LogP contribution is -2.22. The second-order valence-electron chi connectivity index (χ2n) is 4.60. The second kappa shape index (κ2) is 4.54. The van der Waals surface area contributed by atoms with Crippen molar-refractivity contribution in [2.24, 2.45) is 5.41 Å². The van der Waals surface area contributed by atoms with E-state index in [1.165, 1.54) is 0 Å². The number of rotatable bonds is 2. The molecule has 0 fully saturated rings. The molecule has 0 saturated carbocycles. The average molecular weight is 245 g/mol. The zero-order valence-electron chi connectivity index (χ0n) is 9.10. The first kappa shape index (κ1) is 12.5. The minimum atomic E-state index is -0.313. The minimum Gasteiger partial charge on any atom is -0.299 e. The molecule has 0 aliphatic rings. The van der Waals surface area contributed by atoms with Gasteiger partial charge >= 0.3 is 0 Å². The van der Waals surface area contributed by atoms with Gasteiger partial charge in [0.15, 0.2) is 0 Å². The fraction of sp³-hybridized carbons (Fsp3) is 0.417. The SMILES string of the molecule is CC(C)(C)C(=O)Cc1ccc(Cl)c(Cl)c1. The molecule has 3 heteroatoms. The van der Waals surface area contributed by atoms with Gasteiger partial charge in [-0.05, 0) is 17.7 Å². The van der Waals surface area contributed by atoms with Crippen molar-refractivity contribution < 1.29 is 4.79 Å². The van der Waals surface area contributed by atoms with E-state index in [2.05, 4.69) is 0 Å². The monoisotopic (exact) mass is 244 g/mol. The van der Waals surface area contributed by atoms with Crippen LogP contribution in [0.25, 0.3) is 0 Å². The number of halogens is 2. The van der Waals surface area contributed by atoms with Crippen LogP contribution in [0.4, 0.5) is 0 Å². The molecule has 1 nitrogen and oxygen atoms in total. The van der Waals surface area contributed by atoms with E-state index in [-0.39, 0.29) is 11.2 Å². The molecule has 0 unspecified atom stereocenters. The Morgan fingerprint density at radius 1 is 1.20 bits per heavy atom. The molecule has 0 atom stereocenters. The summed E-state index contributed by atoms with van der Waals surface area (Å²) in [4.78, 5) is 11.8. The zero-order chi connectivity index (χ0) is 11.6. The number of carbonyl (C=O) groups excluding carboxylic acids is 1. The molecule has 0 radical (unpaired) electrons. The average Bonchev–Trinajstić information content (AvgIpc) is 2.10. The smallest absolute Gasteiger partial charge is 0.142 e. The highest BCUT2D eigenvalue weighted by molar-refractivity contribution is 6.42. The summed E-state index contributed by atoms with van der Waals surface area (Å²) < 4.78 is 0.